The van der Waals surface area contributed by atoms with Gasteiger partial charge in [-0.3, -0.25) is 14.9 Å². The van der Waals surface area contributed by atoms with Crippen molar-refractivity contribution in [1.82, 2.24) is 0 Å². The second kappa shape index (κ2) is 6.30. The van der Waals surface area contributed by atoms with Crippen molar-refractivity contribution in [3.05, 3.63) is 62.1 Å². The maximum Gasteiger partial charge on any atom is 0.310 e. The molecule has 0 fully saturated rings. The highest BCUT2D eigenvalue weighted by Gasteiger charge is 2.28. The summed E-state index contributed by atoms with van der Waals surface area (Å²) in [6, 6.07) is 9.38. The quantitative estimate of drug-likeness (QED) is 0.440. The van der Waals surface area contributed by atoms with E-state index < -0.39 is 15.9 Å². The molecular weight excluding hydrogens is 341 g/mol. The number of nitro groups is 1. The summed E-state index contributed by atoms with van der Waals surface area (Å²) >= 11 is 17.1. The average Bonchev–Trinajstić information content (AvgIpc) is 2.42. The molecule has 0 bridgehead atoms. The molecule has 5 nitrogen and oxygen atoms in total. The van der Waals surface area contributed by atoms with Gasteiger partial charge < -0.3 is 4.74 Å². The zero-order valence-corrected chi connectivity index (χ0v) is 12.4. The first-order valence-corrected chi connectivity index (χ1v) is 6.64. The molecule has 0 amide bonds. The first-order valence-electron chi connectivity index (χ1n) is 5.51. The summed E-state index contributed by atoms with van der Waals surface area (Å²) in [5.41, 5.74) is -0.702. The van der Waals surface area contributed by atoms with Gasteiger partial charge in [0.25, 0.3) is 5.24 Å². The fraction of sp³-hybridized carbons (Fsp3) is 0. The summed E-state index contributed by atoms with van der Waals surface area (Å²) in [5, 5.41) is 9.42. The smallest absolute Gasteiger partial charge is 0.310 e. The van der Waals surface area contributed by atoms with Gasteiger partial charge in [-0.2, -0.15) is 0 Å². The molecule has 108 valence electrons. The lowest BCUT2D eigenvalue weighted by atomic mass is 10.2. The number of halogens is 3. The molecule has 0 spiro atoms. The van der Waals surface area contributed by atoms with Crippen LogP contribution in [0.15, 0.2) is 36.4 Å². The Morgan fingerprint density at radius 2 is 1.81 bits per heavy atom. The number of rotatable bonds is 4. The molecule has 0 aliphatic heterocycles. The monoisotopic (exact) mass is 345 g/mol. The van der Waals surface area contributed by atoms with E-state index in [1.165, 1.54) is 0 Å². The highest BCUT2D eigenvalue weighted by atomic mass is 35.5. The van der Waals surface area contributed by atoms with E-state index in [-0.39, 0.29) is 21.4 Å². The van der Waals surface area contributed by atoms with Gasteiger partial charge in [-0.1, -0.05) is 41.4 Å². The molecule has 2 aromatic rings. The van der Waals surface area contributed by atoms with Crippen LogP contribution in [0.3, 0.4) is 0 Å². The number of nitro benzene ring substituents is 1. The van der Waals surface area contributed by atoms with Gasteiger partial charge in [0.15, 0.2) is 10.8 Å². The molecule has 0 heterocycles. The SMILES string of the molecule is O=C(Cl)c1cc(Cl)c([N+](=O)[O-])c(Cl)c1Oc1ccccc1. The third kappa shape index (κ3) is 3.26. The highest BCUT2D eigenvalue weighted by Crippen LogP contribution is 2.44. The molecule has 8 heteroatoms. The Labute approximate surface area is 134 Å². The van der Waals surface area contributed by atoms with Gasteiger partial charge in [-0.15, -0.1) is 0 Å². The van der Waals surface area contributed by atoms with Crippen molar-refractivity contribution < 1.29 is 14.5 Å². The fourth-order valence-corrected chi connectivity index (χ4v) is 2.38. The molecule has 2 aromatic carbocycles. The topological polar surface area (TPSA) is 69.4 Å². The lowest BCUT2D eigenvalue weighted by Crippen LogP contribution is -2.00. The van der Waals surface area contributed by atoms with Gasteiger partial charge in [0, 0.05) is 0 Å². The minimum absolute atomic E-state index is 0.152. The van der Waals surface area contributed by atoms with Crippen molar-refractivity contribution in [1.29, 1.82) is 0 Å². The van der Waals surface area contributed by atoms with Crippen LogP contribution < -0.4 is 4.74 Å². The molecule has 2 rings (SSSR count). The van der Waals surface area contributed by atoms with Gasteiger partial charge in [0.1, 0.15) is 10.8 Å². The predicted molar refractivity (Wildman–Crippen MR) is 79.8 cm³/mol. The Kier molecular flexibility index (Phi) is 4.67. The number of nitrogens with zero attached hydrogens (tertiary/aromatic N) is 1. The van der Waals surface area contributed by atoms with Crippen molar-refractivity contribution >= 4 is 45.7 Å². The Hall–Kier alpha value is -1.82. The number of hydrogen-bond acceptors (Lipinski definition) is 4. The van der Waals surface area contributed by atoms with E-state index in [4.69, 9.17) is 39.5 Å². The van der Waals surface area contributed by atoms with Gasteiger partial charge >= 0.3 is 5.69 Å². The van der Waals surface area contributed by atoms with Crippen LogP contribution in [-0.4, -0.2) is 10.2 Å². The Morgan fingerprint density at radius 1 is 1.19 bits per heavy atom. The maximum absolute atomic E-state index is 11.4. The number of carbonyl (C=O) groups is 1. The molecule has 0 aromatic heterocycles. The summed E-state index contributed by atoms with van der Waals surface area (Å²) in [4.78, 5) is 21.7. The number of benzene rings is 2. The van der Waals surface area contributed by atoms with Gasteiger partial charge in [-0.25, -0.2) is 0 Å². The van der Waals surface area contributed by atoms with Crippen LogP contribution in [0.25, 0.3) is 0 Å². The van der Waals surface area contributed by atoms with E-state index in [1.807, 2.05) is 0 Å². The molecule has 0 atom stereocenters. The van der Waals surface area contributed by atoms with Crippen molar-refractivity contribution in [2.45, 2.75) is 0 Å². The summed E-state index contributed by atoms with van der Waals surface area (Å²) in [7, 11) is 0. The normalized spacial score (nSPS) is 10.2. The third-order valence-electron chi connectivity index (χ3n) is 2.51. The van der Waals surface area contributed by atoms with Crippen LogP contribution in [0.1, 0.15) is 10.4 Å². The standard InChI is InChI=1S/C13H6Cl3NO4/c14-9-6-8(13(16)18)12(10(15)11(9)17(19)20)21-7-4-2-1-3-5-7/h1-6H. The Balaban J connectivity index is 2.64. The maximum atomic E-state index is 11.4. The number of hydrogen-bond donors (Lipinski definition) is 0. The molecular formula is C13H6Cl3NO4. The van der Waals surface area contributed by atoms with E-state index in [0.717, 1.165) is 6.07 Å². The lowest BCUT2D eigenvalue weighted by Gasteiger charge is -2.11. The molecule has 0 aliphatic carbocycles. The van der Waals surface area contributed by atoms with Crippen molar-refractivity contribution in [2.24, 2.45) is 0 Å². The van der Waals surface area contributed by atoms with E-state index >= 15 is 0 Å². The van der Waals surface area contributed by atoms with E-state index in [2.05, 4.69) is 0 Å². The minimum Gasteiger partial charge on any atom is -0.455 e. The average molecular weight is 347 g/mol. The van der Waals surface area contributed by atoms with Crippen molar-refractivity contribution in [2.75, 3.05) is 0 Å². The Bertz CT molecular complexity index is 719. The van der Waals surface area contributed by atoms with E-state index in [9.17, 15) is 14.9 Å². The van der Waals surface area contributed by atoms with E-state index in [0.29, 0.717) is 5.75 Å². The fourth-order valence-electron chi connectivity index (χ4n) is 1.61. The summed E-state index contributed by atoms with van der Waals surface area (Å²) in [6.07, 6.45) is 0. The number of para-hydroxylation sites is 1. The summed E-state index contributed by atoms with van der Waals surface area (Å²) < 4.78 is 5.45. The van der Waals surface area contributed by atoms with Crippen LogP contribution in [0.4, 0.5) is 5.69 Å². The summed E-state index contributed by atoms with van der Waals surface area (Å²) in [5.74, 6) is 0.133. The van der Waals surface area contributed by atoms with Crippen LogP contribution in [0.5, 0.6) is 11.5 Å². The zero-order chi connectivity index (χ0) is 15.6. The largest absolute Gasteiger partial charge is 0.455 e. The number of carbonyl (C=O) groups excluding carboxylic acids is 1. The molecule has 0 saturated heterocycles. The van der Waals surface area contributed by atoms with Gasteiger partial charge in [0.05, 0.1) is 10.5 Å². The molecule has 0 saturated carbocycles. The van der Waals surface area contributed by atoms with Crippen LogP contribution in [0, 0.1) is 10.1 Å². The lowest BCUT2D eigenvalue weighted by molar-refractivity contribution is -0.384. The van der Waals surface area contributed by atoms with Crippen LogP contribution in [0.2, 0.25) is 10.0 Å². The first kappa shape index (κ1) is 15.6. The Morgan fingerprint density at radius 3 is 2.33 bits per heavy atom. The molecule has 0 radical (unpaired) electrons. The summed E-state index contributed by atoms with van der Waals surface area (Å²) in [6.45, 7) is 0. The number of ether oxygens (including phenoxy) is 1. The predicted octanol–water partition coefficient (Wildman–Crippen LogP) is 5.07. The van der Waals surface area contributed by atoms with Gasteiger partial charge in [0.2, 0.25) is 0 Å². The van der Waals surface area contributed by atoms with Crippen LogP contribution in [-0.2, 0) is 0 Å². The zero-order valence-electron chi connectivity index (χ0n) is 10.2. The second-order valence-corrected chi connectivity index (χ2v) is 4.97. The van der Waals surface area contributed by atoms with Crippen molar-refractivity contribution in [3.63, 3.8) is 0 Å². The second-order valence-electron chi connectivity index (χ2n) is 3.84. The first-order chi connectivity index (χ1) is 9.91. The van der Waals surface area contributed by atoms with Gasteiger partial charge in [-0.05, 0) is 29.8 Å². The molecule has 21 heavy (non-hydrogen) atoms. The minimum atomic E-state index is -0.889. The van der Waals surface area contributed by atoms with Crippen LogP contribution >= 0.6 is 34.8 Å². The molecule has 0 unspecified atom stereocenters. The molecule has 0 N–H and O–H groups in total. The highest BCUT2D eigenvalue weighted by molar-refractivity contribution is 6.68. The van der Waals surface area contributed by atoms with E-state index in [1.54, 1.807) is 30.3 Å². The third-order valence-corrected chi connectivity index (χ3v) is 3.35. The van der Waals surface area contributed by atoms with Crippen molar-refractivity contribution in [3.8, 4) is 11.5 Å². The molecule has 0 aliphatic rings.